The van der Waals surface area contributed by atoms with E-state index in [0.29, 0.717) is 67.1 Å². The van der Waals surface area contributed by atoms with Crippen molar-refractivity contribution in [1.82, 2.24) is 45.3 Å². The number of fused-ring (bicyclic) bond motifs is 3. The lowest BCUT2D eigenvalue weighted by Crippen LogP contribution is -2.38. The summed E-state index contributed by atoms with van der Waals surface area (Å²) in [4.78, 5) is 43.1. The summed E-state index contributed by atoms with van der Waals surface area (Å²) in [7, 11) is 0. The van der Waals surface area contributed by atoms with Crippen molar-refractivity contribution in [3.05, 3.63) is 212 Å². The molecular formula is C57H50Cl3FN12O3. The fraction of sp³-hybridized carbons (Fsp3) is 0.158. The minimum atomic E-state index is -0.516. The summed E-state index contributed by atoms with van der Waals surface area (Å²) < 4.78 is 13.3. The van der Waals surface area contributed by atoms with Gasteiger partial charge in [0.1, 0.15) is 5.82 Å². The second-order valence-corrected chi connectivity index (χ2v) is 19.4. The number of aromatic nitrogens is 6. The molecule has 6 heterocycles. The van der Waals surface area contributed by atoms with Crippen LogP contribution in [0.3, 0.4) is 0 Å². The predicted molar refractivity (Wildman–Crippen MR) is 296 cm³/mol. The molecule has 0 spiro atoms. The third kappa shape index (κ3) is 12.1. The van der Waals surface area contributed by atoms with Crippen molar-refractivity contribution in [3.8, 4) is 33.8 Å². The van der Waals surface area contributed by atoms with Gasteiger partial charge in [0.25, 0.3) is 0 Å². The van der Waals surface area contributed by atoms with Crippen LogP contribution in [-0.4, -0.2) is 83.0 Å². The van der Waals surface area contributed by atoms with E-state index < -0.39 is 5.82 Å². The molecule has 0 bridgehead atoms. The molecule has 6 N–H and O–H groups in total. The van der Waals surface area contributed by atoms with E-state index in [2.05, 4.69) is 46.5 Å². The van der Waals surface area contributed by atoms with Crippen LogP contribution in [0.5, 0.6) is 0 Å². The zero-order valence-corrected chi connectivity index (χ0v) is 43.1. The fourth-order valence-corrected chi connectivity index (χ4v) is 9.69. The molecule has 3 aromatic heterocycles. The van der Waals surface area contributed by atoms with Crippen molar-refractivity contribution >= 4 is 70.0 Å². The SMILES string of the molecule is O=C(Nc1ccc(Cl)cc1)N1CCc2[nH]nc(-c3ccccc3)c2C1.O=C(Nc1ccc(F)c(Cl)c1)N1CCc2[nH]nc(-c3ccccc3)c2C1.O=C(Nc1cccc(Cl)c1)N1CCc2[nH]nc(-c3ccccc3)c2C1. The number of hydrogen-bond acceptors (Lipinski definition) is 6. The van der Waals surface area contributed by atoms with Crippen LogP contribution in [0.1, 0.15) is 33.8 Å². The highest BCUT2D eigenvalue weighted by Gasteiger charge is 2.29. The largest absolute Gasteiger partial charge is 0.322 e. The standard InChI is InChI=1S/C19H16ClFN4O.2C19H17ClN4O/c20-15-10-13(6-7-16(15)21)22-19(26)25-9-8-17-14(11-25)18(24-23-17)12-4-2-1-3-5-12;20-14-7-4-8-15(11-14)21-19(25)24-10-9-17-16(12-24)18(23-22-17)13-5-2-1-3-6-13;20-14-6-8-15(9-7-14)21-19(25)24-11-10-17-16(12-24)18(23-22-17)13-4-2-1-3-5-13/h1-7,10H,8-9,11H2,(H,22,26)(H,23,24);1-8,11H,9-10,12H2,(H,21,25)(H,22,23);1-9H,10-12H2,(H,21,25)(H,22,23). The molecule has 0 radical (unpaired) electrons. The van der Waals surface area contributed by atoms with Gasteiger partial charge in [-0.15, -0.1) is 0 Å². The number of carbonyl (C=O) groups is 3. The topological polar surface area (TPSA) is 183 Å². The Morgan fingerprint density at radius 2 is 0.816 bits per heavy atom. The first-order valence-electron chi connectivity index (χ1n) is 24.5. The zero-order chi connectivity index (χ0) is 52.5. The first-order chi connectivity index (χ1) is 37.0. The van der Waals surface area contributed by atoms with Gasteiger partial charge in [0.05, 0.1) is 41.7 Å². The highest BCUT2D eigenvalue weighted by atomic mass is 35.5. The van der Waals surface area contributed by atoms with Gasteiger partial charge in [-0.2, -0.15) is 15.3 Å². The number of nitrogens with one attached hydrogen (secondary N) is 6. The van der Waals surface area contributed by atoms with Crippen molar-refractivity contribution < 1.29 is 18.8 Å². The Bertz CT molecular complexity index is 3480. The molecule has 6 amide bonds. The number of H-pyrrole nitrogens is 3. The number of halogens is 4. The number of amides is 6. The van der Waals surface area contributed by atoms with Crippen LogP contribution in [0.25, 0.3) is 33.8 Å². The summed E-state index contributed by atoms with van der Waals surface area (Å²) in [5.41, 5.74) is 14.2. The predicted octanol–water partition coefficient (Wildman–Crippen LogP) is 13.1. The third-order valence-corrected chi connectivity index (χ3v) is 13.9. The van der Waals surface area contributed by atoms with Gasteiger partial charge in [-0.1, -0.05) is 132 Å². The first-order valence-corrected chi connectivity index (χ1v) is 25.6. The van der Waals surface area contributed by atoms with E-state index >= 15 is 0 Å². The van der Waals surface area contributed by atoms with E-state index in [-0.39, 0.29) is 23.1 Å². The van der Waals surface area contributed by atoms with Gasteiger partial charge in [0.2, 0.25) is 0 Å². The van der Waals surface area contributed by atoms with E-state index in [9.17, 15) is 18.8 Å². The maximum Gasteiger partial charge on any atom is 0.322 e. The Hall–Kier alpha value is -8.44. The van der Waals surface area contributed by atoms with E-state index in [1.807, 2.05) is 103 Å². The van der Waals surface area contributed by atoms with Crippen molar-refractivity contribution in [1.29, 1.82) is 0 Å². The minimum Gasteiger partial charge on any atom is -0.320 e. The lowest BCUT2D eigenvalue weighted by Gasteiger charge is -2.27. The molecule has 0 fully saturated rings. The molecule has 19 heteroatoms. The molecule has 0 saturated carbocycles. The molecule has 76 heavy (non-hydrogen) atoms. The van der Waals surface area contributed by atoms with E-state index in [0.717, 1.165) is 86.1 Å². The Balaban J connectivity index is 0.000000130. The Morgan fingerprint density at radius 3 is 1.21 bits per heavy atom. The summed E-state index contributed by atoms with van der Waals surface area (Å²) in [6.07, 6.45) is 2.23. The molecule has 0 aliphatic carbocycles. The van der Waals surface area contributed by atoms with Crippen LogP contribution in [0.2, 0.25) is 15.1 Å². The monoisotopic (exact) mass is 1070 g/mol. The fourth-order valence-electron chi connectivity index (χ4n) is 9.19. The Labute approximate surface area is 452 Å². The van der Waals surface area contributed by atoms with Gasteiger partial charge in [-0.3, -0.25) is 15.3 Å². The van der Waals surface area contributed by atoms with Crippen LogP contribution in [0.4, 0.5) is 35.8 Å². The third-order valence-electron chi connectivity index (χ3n) is 13.1. The quantitative estimate of drug-likeness (QED) is 0.0963. The summed E-state index contributed by atoms with van der Waals surface area (Å²) in [5, 5.41) is 32.5. The normalized spacial score (nSPS) is 13.4. The maximum atomic E-state index is 13.3. The Kier molecular flexibility index (Phi) is 15.7. The number of rotatable bonds is 6. The molecule has 9 aromatic rings. The van der Waals surface area contributed by atoms with Crippen molar-refractivity contribution in [3.63, 3.8) is 0 Å². The lowest BCUT2D eigenvalue weighted by atomic mass is 10.0. The smallest absolute Gasteiger partial charge is 0.320 e. The lowest BCUT2D eigenvalue weighted by molar-refractivity contribution is 0.205. The number of urea groups is 3. The van der Waals surface area contributed by atoms with Crippen LogP contribution in [0.15, 0.2) is 158 Å². The number of nitrogens with zero attached hydrogens (tertiary/aromatic N) is 6. The zero-order valence-electron chi connectivity index (χ0n) is 40.8. The number of benzene rings is 6. The van der Waals surface area contributed by atoms with Gasteiger partial charge in [-0.25, -0.2) is 18.8 Å². The van der Waals surface area contributed by atoms with Crippen molar-refractivity contribution in [2.75, 3.05) is 35.6 Å². The number of carbonyl (C=O) groups excluding carboxylic acids is 3. The average Bonchev–Trinajstić information content (AvgIpc) is 4.21. The second-order valence-electron chi connectivity index (χ2n) is 18.1. The number of hydrogen-bond donors (Lipinski definition) is 6. The molecule has 384 valence electrons. The van der Waals surface area contributed by atoms with E-state index in [1.165, 1.54) is 18.2 Å². The summed E-state index contributed by atoms with van der Waals surface area (Å²) >= 11 is 17.6. The minimum absolute atomic E-state index is 0.0232. The number of anilines is 3. The second kappa shape index (κ2) is 23.4. The Morgan fingerprint density at radius 1 is 0.434 bits per heavy atom. The van der Waals surface area contributed by atoms with Crippen LogP contribution in [-0.2, 0) is 38.9 Å². The molecule has 0 unspecified atom stereocenters. The van der Waals surface area contributed by atoms with Crippen LogP contribution < -0.4 is 16.0 Å². The molecule has 15 nitrogen and oxygen atoms in total. The molecular weight excluding hydrogens is 1030 g/mol. The molecule has 3 aliphatic heterocycles. The van der Waals surface area contributed by atoms with Gasteiger partial charge < -0.3 is 30.7 Å². The van der Waals surface area contributed by atoms with Crippen molar-refractivity contribution in [2.24, 2.45) is 0 Å². The van der Waals surface area contributed by atoms with Crippen LogP contribution >= 0.6 is 34.8 Å². The first kappa shape index (κ1) is 51.1. The maximum absolute atomic E-state index is 13.3. The molecule has 6 aromatic carbocycles. The highest BCUT2D eigenvalue weighted by Crippen LogP contribution is 2.32. The van der Waals surface area contributed by atoms with Gasteiger partial charge in [0.15, 0.2) is 0 Å². The van der Waals surface area contributed by atoms with Crippen molar-refractivity contribution in [2.45, 2.75) is 38.9 Å². The van der Waals surface area contributed by atoms with Gasteiger partial charge in [0, 0.05) is 116 Å². The average molecular weight is 1080 g/mol. The summed E-state index contributed by atoms with van der Waals surface area (Å²) in [6, 6.07) is 47.8. The number of aromatic amines is 3. The van der Waals surface area contributed by atoms with E-state index in [1.54, 1.807) is 51.1 Å². The highest BCUT2D eigenvalue weighted by molar-refractivity contribution is 6.31. The van der Waals surface area contributed by atoms with Gasteiger partial charge in [-0.05, 0) is 60.7 Å². The molecule has 3 aliphatic rings. The molecule has 0 atom stereocenters. The van der Waals surface area contributed by atoms with Crippen LogP contribution in [0, 0.1) is 5.82 Å². The summed E-state index contributed by atoms with van der Waals surface area (Å²) in [5.74, 6) is -0.516. The van der Waals surface area contributed by atoms with E-state index in [4.69, 9.17) is 34.8 Å². The molecule has 0 saturated heterocycles. The molecule has 12 rings (SSSR count). The summed E-state index contributed by atoms with van der Waals surface area (Å²) in [6.45, 7) is 3.40. The van der Waals surface area contributed by atoms with Gasteiger partial charge >= 0.3 is 18.1 Å².